The number of piperazine rings is 1. The first-order valence-corrected chi connectivity index (χ1v) is 7.29. The molecule has 0 aromatic carbocycles. The van der Waals surface area contributed by atoms with Crippen LogP contribution in [0.15, 0.2) is 12.5 Å². The van der Waals surface area contributed by atoms with Crippen molar-refractivity contribution >= 4 is 0 Å². The Kier molecular flexibility index (Phi) is 5.36. The smallest absolute Gasteiger partial charge is 0.0949 e. The van der Waals surface area contributed by atoms with Crippen LogP contribution in [0.3, 0.4) is 0 Å². The van der Waals surface area contributed by atoms with Crippen LogP contribution in [0.1, 0.15) is 19.0 Å². The van der Waals surface area contributed by atoms with Gasteiger partial charge in [-0.15, -0.1) is 0 Å². The summed E-state index contributed by atoms with van der Waals surface area (Å²) in [6.07, 6.45) is 5.12. The minimum atomic E-state index is 0.581. The van der Waals surface area contributed by atoms with Crippen molar-refractivity contribution in [3.8, 4) is 0 Å². The topological polar surface area (TPSA) is 36.3 Å². The molecule has 1 fully saturated rings. The fourth-order valence-electron chi connectivity index (χ4n) is 2.58. The predicted octanol–water partition coefficient (Wildman–Crippen LogP) is 0.629. The maximum absolute atomic E-state index is 4.30. The van der Waals surface area contributed by atoms with Crippen molar-refractivity contribution in [1.82, 2.24) is 24.7 Å². The molecule has 1 aliphatic rings. The zero-order valence-electron chi connectivity index (χ0n) is 12.5. The van der Waals surface area contributed by atoms with Gasteiger partial charge in [0.15, 0.2) is 0 Å². The first kappa shape index (κ1) is 14.5. The monoisotopic (exact) mass is 265 g/mol. The van der Waals surface area contributed by atoms with Crippen LogP contribution in [-0.2, 0) is 13.1 Å². The van der Waals surface area contributed by atoms with Crippen LogP contribution in [0.4, 0.5) is 0 Å². The second kappa shape index (κ2) is 7.03. The summed E-state index contributed by atoms with van der Waals surface area (Å²) in [7, 11) is 4.43. The van der Waals surface area contributed by atoms with Gasteiger partial charge in [0.25, 0.3) is 0 Å². The second-order valence-electron chi connectivity index (χ2n) is 5.61. The molecule has 1 atom stereocenters. The highest BCUT2D eigenvalue weighted by Gasteiger charge is 2.22. The number of likely N-dealkylation sites (N-methyl/N-ethyl adjacent to an activating group) is 2. The van der Waals surface area contributed by atoms with Crippen molar-refractivity contribution in [2.45, 2.75) is 32.5 Å². The van der Waals surface area contributed by atoms with Gasteiger partial charge in [-0.1, -0.05) is 6.92 Å². The Labute approximate surface area is 116 Å². The predicted molar refractivity (Wildman–Crippen MR) is 78.1 cm³/mol. The quantitative estimate of drug-likeness (QED) is 0.765. The van der Waals surface area contributed by atoms with Crippen LogP contribution in [0, 0.1) is 0 Å². The molecule has 0 bridgehead atoms. The maximum Gasteiger partial charge on any atom is 0.0949 e. The van der Waals surface area contributed by atoms with Gasteiger partial charge in [-0.25, -0.2) is 4.98 Å². The fourth-order valence-corrected chi connectivity index (χ4v) is 2.58. The lowest BCUT2D eigenvalue weighted by Gasteiger charge is -2.38. The molecule has 0 saturated carbocycles. The third-order valence-electron chi connectivity index (χ3n) is 3.92. The Hall–Kier alpha value is -0.910. The molecule has 0 spiro atoms. The number of nitrogens with one attached hydrogen (secondary N) is 1. The second-order valence-corrected chi connectivity index (χ2v) is 5.61. The molecule has 2 rings (SSSR count). The highest BCUT2D eigenvalue weighted by molar-refractivity contribution is 4.99. The standard InChI is InChI=1S/C14H27N5/c1-4-5-15-8-13-9-16-12-19(13)11-14-10-17(2)6-7-18(14)3/h9,12,14-15H,4-8,10-11H2,1-3H3. The van der Waals surface area contributed by atoms with Gasteiger partial charge >= 0.3 is 0 Å². The lowest BCUT2D eigenvalue weighted by atomic mass is 10.2. The minimum absolute atomic E-state index is 0.581. The van der Waals surface area contributed by atoms with E-state index in [2.05, 4.69) is 45.7 Å². The normalized spacial score (nSPS) is 21.9. The van der Waals surface area contributed by atoms with Crippen LogP contribution in [0.5, 0.6) is 0 Å². The van der Waals surface area contributed by atoms with Crippen molar-refractivity contribution in [3.63, 3.8) is 0 Å². The SMILES string of the molecule is CCCNCc1cncn1CC1CN(C)CCN1C. The summed E-state index contributed by atoms with van der Waals surface area (Å²) in [6.45, 7) is 8.66. The maximum atomic E-state index is 4.30. The van der Waals surface area contributed by atoms with Crippen LogP contribution in [0.2, 0.25) is 0 Å². The highest BCUT2D eigenvalue weighted by Crippen LogP contribution is 2.10. The van der Waals surface area contributed by atoms with Gasteiger partial charge < -0.3 is 14.8 Å². The van der Waals surface area contributed by atoms with Gasteiger partial charge in [0.05, 0.1) is 12.0 Å². The molecule has 1 unspecified atom stereocenters. The Bertz CT molecular complexity index is 376. The summed E-state index contributed by atoms with van der Waals surface area (Å²) >= 11 is 0. The van der Waals surface area contributed by atoms with E-state index in [0.29, 0.717) is 6.04 Å². The van der Waals surface area contributed by atoms with E-state index in [9.17, 15) is 0 Å². The van der Waals surface area contributed by atoms with E-state index >= 15 is 0 Å². The van der Waals surface area contributed by atoms with E-state index in [-0.39, 0.29) is 0 Å². The molecule has 0 radical (unpaired) electrons. The van der Waals surface area contributed by atoms with E-state index in [1.165, 1.54) is 18.7 Å². The number of nitrogens with zero attached hydrogens (tertiary/aromatic N) is 4. The Morgan fingerprint density at radius 3 is 3.00 bits per heavy atom. The van der Waals surface area contributed by atoms with E-state index < -0.39 is 0 Å². The zero-order valence-corrected chi connectivity index (χ0v) is 12.5. The summed E-state index contributed by atoms with van der Waals surface area (Å²) < 4.78 is 2.29. The lowest BCUT2D eigenvalue weighted by Crippen LogP contribution is -2.51. The molecular formula is C14H27N5. The van der Waals surface area contributed by atoms with Gasteiger partial charge in [-0.3, -0.25) is 4.90 Å². The van der Waals surface area contributed by atoms with Gasteiger partial charge in [0.2, 0.25) is 0 Å². The van der Waals surface area contributed by atoms with Crippen molar-refractivity contribution < 1.29 is 0 Å². The largest absolute Gasteiger partial charge is 0.332 e. The van der Waals surface area contributed by atoms with E-state index in [0.717, 1.165) is 32.7 Å². The molecule has 5 heteroatoms. The van der Waals surface area contributed by atoms with Crippen molar-refractivity contribution in [3.05, 3.63) is 18.2 Å². The summed E-state index contributed by atoms with van der Waals surface area (Å²) in [4.78, 5) is 9.18. The highest BCUT2D eigenvalue weighted by atomic mass is 15.3. The van der Waals surface area contributed by atoms with Gasteiger partial charge in [0.1, 0.15) is 0 Å². The summed E-state index contributed by atoms with van der Waals surface area (Å²) in [5, 5.41) is 3.45. The summed E-state index contributed by atoms with van der Waals surface area (Å²) in [5.41, 5.74) is 1.29. The molecular weight excluding hydrogens is 238 g/mol. The summed E-state index contributed by atoms with van der Waals surface area (Å²) in [5.74, 6) is 0. The Morgan fingerprint density at radius 2 is 2.21 bits per heavy atom. The first-order valence-electron chi connectivity index (χ1n) is 7.29. The van der Waals surface area contributed by atoms with Crippen molar-refractivity contribution in [1.29, 1.82) is 0 Å². The zero-order chi connectivity index (χ0) is 13.7. The molecule has 1 aliphatic heterocycles. The molecule has 2 heterocycles. The fraction of sp³-hybridized carbons (Fsp3) is 0.786. The first-order chi connectivity index (χ1) is 9.20. The molecule has 1 N–H and O–H groups in total. The third-order valence-corrected chi connectivity index (χ3v) is 3.92. The third kappa shape index (κ3) is 4.03. The molecule has 19 heavy (non-hydrogen) atoms. The Morgan fingerprint density at radius 1 is 1.37 bits per heavy atom. The van der Waals surface area contributed by atoms with Crippen molar-refractivity contribution in [2.24, 2.45) is 0 Å². The van der Waals surface area contributed by atoms with Gasteiger partial charge in [-0.2, -0.15) is 0 Å². The van der Waals surface area contributed by atoms with E-state index in [1.807, 2.05) is 12.5 Å². The van der Waals surface area contributed by atoms with Crippen LogP contribution in [0.25, 0.3) is 0 Å². The number of aromatic nitrogens is 2. The van der Waals surface area contributed by atoms with Crippen LogP contribution in [-0.4, -0.2) is 65.7 Å². The number of imidazole rings is 1. The Balaban J connectivity index is 1.92. The van der Waals surface area contributed by atoms with Gasteiger partial charge in [-0.05, 0) is 27.1 Å². The van der Waals surface area contributed by atoms with Crippen LogP contribution >= 0.6 is 0 Å². The van der Waals surface area contributed by atoms with Crippen LogP contribution < -0.4 is 5.32 Å². The molecule has 0 amide bonds. The van der Waals surface area contributed by atoms with E-state index in [4.69, 9.17) is 0 Å². The lowest BCUT2D eigenvalue weighted by molar-refractivity contribution is 0.102. The molecule has 1 aromatic rings. The minimum Gasteiger partial charge on any atom is -0.332 e. The average Bonchev–Trinajstić information content (AvgIpc) is 2.82. The van der Waals surface area contributed by atoms with E-state index in [1.54, 1.807) is 0 Å². The number of rotatable bonds is 6. The number of hydrogen-bond donors (Lipinski definition) is 1. The molecule has 5 nitrogen and oxygen atoms in total. The van der Waals surface area contributed by atoms with Gasteiger partial charge in [0, 0.05) is 45.0 Å². The summed E-state index contributed by atoms with van der Waals surface area (Å²) in [6, 6.07) is 0.581. The van der Waals surface area contributed by atoms with Crippen molar-refractivity contribution in [2.75, 3.05) is 40.3 Å². The molecule has 108 valence electrons. The number of hydrogen-bond acceptors (Lipinski definition) is 4. The average molecular weight is 265 g/mol. The molecule has 0 aliphatic carbocycles. The molecule has 1 aromatic heterocycles. The molecule has 1 saturated heterocycles.